The minimum absolute atomic E-state index is 0.180. The Morgan fingerprint density at radius 2 is 0.875 bits per heavy atom. The van der Waals surface area contributed by atoms with Crippen molar-refractivity contribution in [3.8, 4) is 0 Å². The van der Waals surface area contributed by atoms with Crippen molar-refractivity contribution in [2.24, 2.45) is 0 Å². The van der Waals surface area contributed by atoms with Gasteiger partial charge in [-0.2, -0.15) is 0 Å². The predicted molar refractivity (Wildman–Crippen MR) is 196 cm³/mol. The van der Waals surface area contributed by atoms with E-state index < -0.39 is 11.9 Å². The molecule has 9 nitrogen and oxygen atoms in total. The van der Waals surface area contributed by atoms with E-state index in [1.807, 2.05) is 5.94 Å². The number of allylic oxidation sites excluding steroid dienone is 1. The molecule has 3 N–H and O–H groups in total. The molecule has 0 radical (unpaired) electrons. The van der Waals surface area contributed by atoms with Gasteiger partial charge in [-0.05, 0) is 90.5 Å². The average molecular weight is 683 g/mol. The molecular formula is C39H74N2O7. The molecule has 9 heteroatoms. The third kappa shape index (κ3) is 34.0. The molecule has 0 aromatic carbocycles. The lowest BCUT2D eigenvalue weighted by Gasteiger charge is -2.26. The van der Waals surface area contributed by atoms with Gasteiger partial charge in [-0.3, -0.25) is 9.59 Å². The molecule has 282 valence electrons. The molecule has 0 saturated carbocycles. The summed E-state index contributed by atoms with van der Waals surface area (Å²) in [5.74, 6) is 0.987. The maximum absolute atomic E-state index is 11.4. The number of ether oxygens (including phenoxy) is 1. The average Bonchev–Trinajstić information content (AvgIpc) is 3.06. The zero-order valence-corrected chi connectivity index (χ0v) is 30.9. The molecule has 0 aromatic heterocycles. The van der Waals surface area contributed by atoms with Crippen molar-refractivity contribution in [1.29, 1.82) is 0 Å². The topological polar surface area (TPSA) is 128 Å². The van der Waals surface area contributed by atoms with Gasteiger partial charge in [0.05, 0.1) is 6.61 Å². The van der Waals surface area contributed by atoms with Crippen LogP contribution in [0.3, 0.4) is 0 Å². The number of aliphatic hydroxyl groups is 1. The Kier molecular flexibility index (Phi) is 34.9. The highest BCUT2D eigenvalue weighted by Gasteiger charge is 2.10. The molecule has 0 aromatic rings. The van der Waals surface area contributed by atoms with Gasteiger partial charge < -0.3 is 29.9 Å². The Balaban J connectivity index is 4.21. The Hall–Kier alpha value is -1.93. The van der Waals surface area contributed by atoms with Crippen LogP contribution in [0.5, 0.6) is 0 Å². The summed E-state index contributed by atoms with van der Waals surface area (Å²) in [5, 5.41) is 27.2. The Labute approximate surface area is 293 Å². The van der Waals surface area contributed by atoms with E-state index in [2.05, 4.69) is 16.7 Å². The Morgan fingerprint density at radius 1 is 0.500 bits per heavy atom. The second-order valence-corrected chi connectivity index (χ2v) is 13.6. The number of unbranched alkanes of at least 4 members (excludes halogenated alkanes) is 17. The molecule has 0 unspecified atom stereocenters. The van der Waals surface area contributed by atoms with Crippen LogP contribution in [0.25, 0.3) is 0 Å². The summed E-state index contributed by atoms with van der Waals surface area (Å²) in [6, 6.07) is 0. The van der Waals surface area contributed by atoms with Crippen LogP contribution >= 0.6 is 0 Å². The van der Waals surface area contributed by atoms with Crippen molar-refractivity contribution in [1.82, 2.24) is 9.80 Å². The van der Waals surface area contributed by atoms with E-state index in [9.17, 15) is 19.5 Å². The van der Waals surface area contributed by atoms with E-state index in [0.717, 1.165) is 110 Å². The van der Waals surface area contributed by atoms with Crippen LogP contribution in [-0.4, -0.2) is 95.5 Å². The van der Waals surface area contributed by atoms with Gasteiger partial charge in [-0.25, -0.2) is 4.79 Å². The van der Waals surface area contributed by atoms with Gasteiger partial charge in [-0.15, -0.1) is 0 Å². The van der Waals surface area contributed by atoms with Gasteiger partial charge in [0.1, 0.15) is 0 Å². The van der Waals surface area contributed by atoms with Gasteiger partial charge >= 0.3 is 11.9 Å². The number of rotatable bonds is 39. The number of hydrogen-bond acceptors (Lipinski definition) is 7. The maximum Gasteiger partial charge on any atom is 0.303 e. The molecule has 0 amide bonds. The fourth-order valence-electron chi connectivity index (χ4n) is 6.15. The largest absolute Gasteiger partial charge is 0.487 e. The highest BCUT2D eigenvalue weighted by Crippen LogP contribution is 2.14. The van der Waals surface area contributed by atoms with E-state index in [-0.39, 0.29) is 19.4 Å². The molecule has 0 aliphatic carbocycles. The molecule has 0 rings (SSSR count). The second-order valence-electron chi connectivity index (χ2n) is 13.6. The standard InChI is InChI=1S/C39H74N2O7/c1-2-3-4-5-6-7-8-9-10-11-12-22-35-48-37(36-43)25-16-13-19-30-41(33-24-34-42)32-23-31-40(28-20-14-17-26-38(44)45)29-21-15-18-27-39(46)47/h42H,2-35H2,1H3,(H,44,45)(H,46,47). The number of carboxylic acid groups (broad SMARTS) is 2. The first kappa shape index (κ1) is 46.1. The van der Waals surface area contributed by atoms with Crippen LogP contribution in [0.4, 0.5) is 0 Å². The highest BCUT2D eigenvalue weighted by atomic mass is 16.5. The van der Waals surface area contributed by atoms with E-state index in [4.69, 9.17) is 14.9 Å². The Bertz CT molecular complexity index is 764. The van der Waals surface area contributed by atoms with Crippen LogP contribution < -0.4 is 0 Å². The van der Waals surface area contributed by atoms with Crippen molar-refractivity contribution in [2.45, 2.75) is 174 Å². The van der Waals surface area contributed by atoms with Gasteiger partial charge in [-0.1, -0.05) is 96.8 Å². The summed E-state index contributed by atoms with van der Waals surface area (Å²) in [6.45, 7) is 8.66. The molecule has 0 aliphatic heterocycles. The fourth-order valence-corrected chi connectivity index (χ4v) is 6.15. The number of hydrogen-bond donors (Lipinski definition) is 3. The normalized spacial score (nSPS) is 11.3. The summed E-state index contributed by atoms with van der Waals surface area (Å²) in [6.07, 6.45) is 26.6. The molecule has 0 fully saturated rings. The number of aliphatic carboxylic acids is 2. The van der Waals surface area contributed by atoms with E-state index >= 15 is 0 Å². The zero-order chi connectivity index (χ0) is 35.3. The number of nitrogens with zero attached hydrogens (tertiary/aromatic N) is 2. The maximum atomic E-state index is 11.4. The van der Waals surface area contributed by atoms with Gasteiger partial charge in [0.2, 0.25) is 0 Å². The second kappa shape index (κ2) is 36.4. The minimum atomic E-state index is -0.743. The highest BCUT2D eigenvalue weighted by molar-refractivity contribution is 5.66. The van der Waals surface area contributed by atoms with Crippen molar-refractivity contribution >= 4 is 17.9 Å². The lowest BCUT2D eigenvalue weighted by molar-refractivity contribution is -0.138. The minimum Gasteiger partial charge on any atom is -0.487 e. The van der Waals surface area contributed by atoms with Crippen molar-refractivity contribution < 1.29 is 34.4 Å². The number of carbonyl (C=O) groups is 2. The van der Waals surface area contributed by atoms with Crippen molar-refractivity contribution in [2.75, 3.05) is 52.5 Å². The van der Waals surface area contributed by atoms with E-state index in [0.29, 0.717) is 31.6 Å². The summed E-state index contributed by atoms with van der Waals surface area (Å²) < 4.78 is 5.74. The summed E-state index contributed by atoms with van der Waals surface area (Å²) >= 11 is 0. The number of carbonyl (C=O) groups excluding carboxylic acids is 1. The number of carboxylic acids is 2. The molecule has 48 heavy (non-hydrogen) atoms. The quantitative estimate of drug-likeness (QED) is 0.0332. The third-order valence-corrected chi connectivity index (χ3v) is 9.08. The van der Waals surface area contributed by atoms with Crippen LogP contribution in [-0.2, 0) is 19.1 Å². The van der Waals surface area contributed by atoms with Crippen LogP contribution in [0, 0.1) is 0 Å². The lowest BCUT2D eigenvalue weighted by Crippen LogP contribution is -2.33. The molecular weight excluding hydrogens is 608 g/mol. The molecule has 0 spiro atoms. The van der Waals surface area contributed by atoms with Crippen LogP contribution in [0.2, 0.25) is 0 Å². The number of aliphatic hydroxyl groups excluding tert-OH is 1. The van der Waals surface area contributed by atoms with E-state index in [1.54, 1.807) is 0 Å². The first-order chi connectivity index (χ1) is 23.4. The molecule has 0 bridgehead atoms. The Morgan fingerprint density at radius 3 is 1.29 bits per heavy atom. The molecule has 0 saturated heterocycles. The third-order valence-electron chi connectivity index (χ3n) is 9.08. The first-order valence-electron chi connectivity index (χ1n) is 19.8. The molecule has 0 aliphatic rings. The van der Waals surface area contributed by atoms with Gasteiger partial charge in [0.15, 0.2) is 11.7 Å². The molecule has 0 heterocycles. The first-order valence-corrected chi connectivity index (χ1v) is 19.8. The van der Waals surface area contributed by atoms with E-state index in [1.165, 1.54) is 64.2 Å². The summed E-state index contributed by atoms with van der Waals surface area (Å²) in [5.41, 5.74) is 0. The van der Waals surface area contributed by atoms with Gasteiger partial charge in [0.25, 0.3) is 0 Å². The van der Waals surface area contributed by atoms with Gasteiger partial charge in [0, 0.05) is 32.4 Å². The summed E-state index contributed by atoms with van der Waals surface area (Å²) in [4.78, 5) is 37.9. The van der Waals surface area contributed by atoms with Crippen molar-refractivity contribution in [3.05, 3.63) is 5.76 Å². The molecule has 0 atom stereocenters. The SMILES string of the molecule is CCCCCCCCCCCCCCOC(=C=O)CCCCCN(CCCO)CCCN(CCCCCC(=O)O)CCCCCC(=O)O. The zero-order valence-electron chi connectivity index (χ0n) is 30.9. The van der Waals surface area contributed by atoms with Crippen LogP contribution in [0.15, 0.2) is 5.76 Å². The smallest absolute Gasteiger partial charge is 0.303 e. The summed E-state index contributed by atoms with van der Waals surface area (Å²) in [7, 11) is 0. The monoisotopic (exact) mass is 683 g/mol. The fraction of sp³-hybridized carbons (Fsp3) is 0.897. The van der Waals surface area contributed by atoms with Crippen molar-refractivity contribution in [3.63, 3.8) is 0 Å². The lowest BCUT2D eigenvalue weighted by atomic mass is 10.1. The predicted octanol–water partition coefficient (Wildman–Crippen LogP) is 8.65. The van der Waals surface area contributed by atoms with Crippen LogP contribution in [0.1, 0.15) is 174 Å².